The molecule has 1 saturated heterocycles. The first kappa shape index (κ1) is 19.0. The Bertz CT molecular complexity index is 852. The molecule has 1 amide bonds. The summed E-state index contributed by atoms with van der Waals surface area (Å²) in [5.41, 5.74) is 0.913. The molecule has 1 atom stereocenters. The number of aromatic nitrogens is 2. The lowest BCUT2D eigenvalue weighted by Crippen LogP contribution is -2.35. The van der Waals surface area contributed by atoms with Crippen LogP contribution < -0.4 is 15.8 Å². The Labute approximate surface area is 157 Å². The van der Waals surface area contributed by atoms with Gasteiger partial charge in [0.25, 0.3) is 5.56 Å². The van der Waals surface area contributed by atoms with Crippen LogP contribution in [-0.4, -0.2) is 53.8 Å². The van der Waals surface area contributed by atoms with E-state index >= 15 is 0 Å². The summed E-state index contributed by atoms with van der Waals surface area (Å²) in [6.07, 6.45) is 2.66. The Kier molecular flexibility index (Phi) is 5.85. The third-order valence-corrected chi connectivity index (χ3v) is 4.75. The van der Waals surface area contributed by atoms with E-state index in [4.69, 9.17) is 0 Å². The van der Waals surface area contributed by atoms with Gasteiger partial charge in [0, 0.05) is 31.4 Å². The van der Waals surface area contributed by atoms with Crippen molar-refractivity contribution < 1.29 is 9.18 Å². The van der Waals surface area contributed by atoms with Gasteiger partial charge in [0.15, 0.2) is 0 Å². The van der Waals surface area contributed by atoms with E-state index in [1.54, 1.807) is 13.1 Å². The average Bonchev–Trinajstić information content (AvgIpc) is 2.87. The van der Waals surface area contributed by atoms with E-state index < -0.39 is 6.04 Å². The monoisotopic (exact) mass is 373 g/mol. The lowest BCUT2D eigenvalue weighted by atomic mass is 10.2. The van der Waals surface area contributed by atoms with E-state index in [1.807, 2.05) is 0 Å². The van der Waals surface area contributed by atoms with Crippen molar-refractivity contribution in [1.82, 2.24) is 14.7 Å². The molecular weight excluding hydrogens is 349 g/mol. The highest BCUT2D eigenvalue weighted by molar-refractivity contribution is 5.93. The van der Waals surface area contributed by atoms with Gasteiger partial charge in [0.05, 0.1) is 11.9 Å². The van der Waals surface area contributed by atoms with Gasteiger partial charge in [-0.1, -0.05) is 0 Å². The minimum atomic E-state index is -0.785. The molecule has 2 aromatic rings. The number of likely N-dealkylation sites (N-methyl/N-ethyl adjacent to an activating group) is 1. The van der Waals surface area contributed by atoms with E-state index in [9.17, 15) is 14.0 Å². The lowest BCUT2D eigenvalue weighted by molar-refractivity contribution is -0.119. The third kappa shape index (κ3) is 4.71. The van der Waals surface area contributed by atoms with Crippen LogP contribution in [0, 0.1) is 5.82 Å². The van der Waals surface area contributed by atoms with Crippen LogP contribution in [-0.2, 0) is 4.79 Å². The predicted octanol–water partition coefficient (Wildman–Crippen LogP) is 1.72. The average molecular weight is 373 g/mol. The first-order valence-corrected chi connectivity index (χ1v) is 9.03. The summed E-state index contributed by atoms with van der Waals surface area (Å²) in [4.78, 5) is 29.3. The molecule has 8 heteroatoms. The van der Waals surface area contributed by atoms with Crippen molar-refractivity contribution in [3.63, 3.8) is 0 Å². The summed E-state index contributed by atoms with van der Waals surface area (Å²) in [5, 5.41) is 6.87. The maximum absolute atomic E-state index is 13.0. The highest BCUT2D eigenvalue weighted by Gasteiger charge is 2.19. The van der Waals surface area contributed by atoms with E-state index in [2.05, 4.69) is 27.3 Å². The number of anilines is 2. The number of benzene rings is 1. The van der Waals surface area contributed by atoms with Gasteiger partial charge in [0.2, 0.25) is 5.91 Å². The standard InChI is InChI=1S/C19H24FN5O2/c1-14(19(27)22-16-6-4-15(20)5-7-16)25-18(26)12-17(13-21-25)24-9-3-8-23(2)10-11-24/h4-7,12-14H,3,8-11H2,1-2H3,(H,22,27). The van der Waals surface area contributed by atoms with Crippen LogP contribution in [0.15, 0.2) is 41.3 Å². The molecule has 1 aliphatic heterocycles. The van der Waals surface area contributed by atoms with Crippen LogP contribution in [0.25, 0.3) is 0 Å². The van der Waals surface area contributed by atoms with Crippen molar-refractivity contribution in [2.45, 2.75) is 19.4 Å². The van der Waals surface area contributed by atoms with Crippen LogP contribution in [0.1, 0.15) is 19.4 Å². The summed E-state index contributed by atoms with van der Waals surface area (Å²) < 4.78 is 14.1. The fraction of sp³-hybridized carbons (Fsp3) is 0.421. The van der Waals surface area contributed by atoms with Crippen LogP contribution in [0.3, 0.4) is 0 Å². The van der Waals surface area contributed by atoms with E-state index in [-0.39, 0.29) is 17.3 Å². The Morgan fingerprint density at radius 2 is 1.93 bits per heavy atom. The van der Waals surface area contributed by atoms with E-state index in [1.165, 1.54) is 30.3 Å². The maximum atomic E-state index is 13.0. The molecule has 144 valence electrons. The molecule has 1 unspecified atom stereocenters. The minimum absolute atomic E-state index is 0.327. The summed E-state index contributed by atoms with van der Waals surface area (Å²) in [6, 6.07) is 6.20. The SMILES string of the molecule is CC(C(=O)Nc1ccc(F)cc1)n1ncc(N2CCCN(C)CC2)cc1=O. The molecule has 0 spiro atoms. The first-order chi connectivity index (χ1) is 12.9. The number of nitrogens with one attached hydrogen (secondary N) is 1. The number of nitrogens with zero attached hydrogens (tertiary/aromatic N) is 4. The second kappa shape index (κ2) is 8.30. The number of carbonyl (C=O) groups is 1. The number of amides is 1. The molecule has 1 fully saturated rings. The number of hydrogen-bond donors (Lipinski definition) is 1. The zero-order valence-electron chi connectivity index (χ0n) is 15.6. The van der Waals surface area contributed by atoms with Crippen LogP contribution in [0.2, 0.25) is 0 Å². The number of rotatable bonds is 4. The van der Waals surface area contributed by atoms with Gasteiger partial charge in [-0.3, -0.25) is 9.59 Å². The zero-order valence-corrected chi connectivity index (χ0v) is 15.6. The van der Waals surface area contributed by atoms with Crippen molar-refractivity contribution in [1.29, 1.82) is 0 Å². The Morgan fingerprint density at radius 1 is 1.19 bits per heavy atom. The first-order valence-electron chi connectivity index (χ1n) is 9.03. The topological polar surface area (TPSA) is 70.5 Å². The molecule has 1 aliphatic rings. The lowest BCUT2D eigenvalue weighted by Gasteiger charge is -2.23. The maximum Gasteiger partial charge on any atom is 0.269 e. The molecule has 0 saturated carbocycles. The Morgan fingerprint density at radius 3 is 2.63 bits per heavy atom. The quantitative estimate of drug-likeness (QED) is 0.884. The molecule has 1 aromatic carbocycles. The van der Waals surface area contributed by atoms with Gasteiger partial charge >= 0.3 is 0 Å². The third-order valence-electron chi connectivity index (χ3n) is 4.75. The molecule has 1 N–H and O–H groups in total. The van der Waals surface area contributed by atoms with E-state index in [0.717, 1.165) is 43.0 Å². The number of hydrogen-bond acceptors (Lipinski definition) is 5. The highest BCUT2D eigenvalue weighted by atomic mass is 19.1. The fourth-order valence-electron chi connectivity index (χ4n) is 3.07. The summed E-state index contributed by atoms with van der Waals surface area (Å²) in [6.45, 7) is 5.27. The Hall–Kier alpha value is -2.74. The van der Waals surface area contributed by atoms with Crippen molar-refractivity contribution >= 4 is 17.3 Å². The second-order valence-corrected chi connectivity index (χ2v) is 6.81. The van der Waals surface area contributed by atoms with Gasteiger partial charge < -0.3 is 15.1 Å². The van der Waals surface area contributed by atoms with Crippen molar-refractivity contribution in [2.75, 3.05) is 43.4 Å². The molecule has 0 aliphatic carbocycles. The zero-order chi connectivity index (χ0) is 19.4. The molecular formula is C19H24FN5O2. The molecule has 27 heavy (non-hydrogen) atoms. The van der Waals surface area contributed by atoms with Crippen LogP contribution >= 0.6 is 0 Å². The largest absolute Gasteiger partial charge is 0.369 e. The Balaban J connectivity index is 1.71. The van der Waals surface area contributed by atoms with Gasteiger partial charge in [-0.15, -0.1) is 0 Å². The summed E-state index contributed by atoms with van der Waals surface area (Å²) in [7, 11) is 2.08. The molecule has 3 rings (SSSR count). The number of carbonyl (C=O) groups excluding carboxylic acids is 1. The summed E-state index contributed by atoms with van der Waals surface area (Å²) in [5.74, 6) is -0.769. The van der Waals surface area contributed by atoms with Gasteiger partial charge in [0.1, 0.15) is 11.9 Å². The van der Waals surface area contributed by atoms with Crippen molar-refractivity contribution in [2.24, 2.45) is 0 Å². The smallest absolute Gasteiger partial charge is 0.269 e. The molecule has 7 nitrogen and oxygen atoms in total. The molecule has 0 bridgehead atoms. The summed E-state index contributed by atoms with van der Waals surface area (Å²) >= 11 is 0. The molecule has 1 aromatic heterocycles. The van der Waals surface area contributed by atoms with Gasteiger partial charge in [-0.05, 0) is 51.2 Å². The van der Waals surface area contributed by atoms with E-state index in [0.29, 0.717) is 5.69 Å². The second-order valence-electron chi connectivity index (χ2n) is 6.81. The predicted molar refractivity (Wildman–Crippen MR) is 103 cm³/mol. The van der Waals surface area contributed by atoms with Crippen molar-refractivity contribution in [3.8, 4) is 0 Å². The van der Waals surface area contributed by atoms with Crippen molar-refractivity contribution in [3.05, 3.63) is 52.7 Å². The molecule has 0 radical (unpaired) electrons. The van der Waals surface area contributed by atoms with Crippen LogP contribution in [0.5, 0.6) is 0 Å². The number of halogens is 1. The van der Waals surface area contributed by atoms with Crippen LogP contribution in [0.4, 0.5) is 15.8 Å². The fourth-order valence-corrected chi connectivity index (χ4v) is 3.07. The minimum Gasteiger partial charge on any atom is -0.369 e. The normalized spacial score (nSPS) is 16.6. The highest BCUT2D eigenvalue weighted by Crippen LogP contribution is 2.15. The van der Waals surface area contributed by atoms with Gasteiger partial charge in [-0.2, -0.15) is 5.10 Å². The molecule has 2 heterocycles. The van der Waals surface area contributed by atoms with Gasteiger partial charge in [-0.25, -0.2) is 9.07 Å².